The number of carbonyl (C=O) groups is 1. The van der Waals surface area contributed by atoms with Crippen molar-refractivity contribution in [1.29, 1.82) is 0 Å². The van der Waals surface area contributed by atoms with E-state index in [2.05, 4.69) is 4.99 Å². The lowest BCUT2D eigenvalue weighted by Crippen LogP contribution is -2.37. The lowest BCUT2D eigenvalue weighted by atomic mass is 10.0. The molecule has 0 radical (unpaired) electrons. The lowest BCUT2D eigenvalue weighted by Gasteiger charge is -2.22. The number of nitrogens with zero attached hydrogens (tertiary/aromatic N) is 2. The summed E-state index contributed by atoms with van der Waals surface area (Å²) in [5, 5.41) is 0.787. The molecule has 0 bridgehead atoms. The van der Waals surface area contributed by atoms with Crippen LogP contribution in [0, 0.1) is 5.92 Å². The Bertz CT molecular complexity index is 567. The van der Waals surface area contributed by atoms with Gasteiger partial charge in [-0.1, -0.05) is 37.4 Å². The smallest absolute Gasteiger partial charge is 0.248 e. The Balaban J connectivity index is 1.60. The fraction of sp³-hybridized carbons (Fsp3) is 0.867. The number of thioether (sulfide) groups is 1. The van der Waals surface area contributed by atoms with E-state index in [0.29, 0.717) is 18.9 Å². The summed E-state index contributed by atoms with van der Waals surface area (Å²) in [4.78, 5) is 18.4. The van der Waals surface area contributed by atoms with Crippen LogP contribution in [0.15, 0.2) is 4.99 Å². The first kappa shape index (κ1) is 16.3. The van der Waals surface area contributed by atoms with Crippen molar-refractivity contribution >= 4 is 32.7 Å². The van der Waals surface area contributed by atoms with E-state index in [-0.39, 0.29) is 28.7 Å². The quantitative estimate of drug-likeness (QED) is 0.781. The first-order valence-electron chi connectivity index (χ1n) is 8.24. The van der Waals surface area contributed by atoms with Gasteiger partial charge in [-0.15, -0.1) is 0 Å². The summed E-state index contributed by atoms with van der Waals surface area (Å²) in [7, 11) is -2.92. The van der Waals surface area contributed by atoms with E-state index in [0.717, 1.165) is 11.6 Å². The van der Waals surface area contributed by atoms with Gasteiger partial charge < -0.3 is 4.90 Å². The van der Waals surface area contributed by atoms with Crippen molar-refractivity contribution < 1.29 is 13.2 Å². The summed E-state index contributed by atoms with van der Waals surface area (Å²) in [6, 6.07) is 0.00128. The highest BCUT2D eigenvalue weighted by Gasteiger charge is 2.48. The van der Waals surface area contributed by atoms with Crippen LogP contribution in [0.4, 0.5) is 0 Å². The Hall–Kier alpha value is -0.560. The topological polar surface area (TPSA) is 66.8 Å². The van der Waals surface area contributed by atoms with E-state index in [1.807, 2.05) is 11.8 Å². The van der Waals surface area contributed by atoms with Crippen LogP contribution >= 0.6 is 11.8 Å². The zero-order valence-electron chi connectivity index (χ0n) is 13.0. The van der Waals surface area contributed by atoms with Gasteiger partial charge in [0.05, 0.1) is 17.5 Å². The van der Waals surface area contributed by atoms with E-state index in [9.17, 15) is 13.2 Å². The maximum absolute atomic E-state index is 12.1. The van der Waals surface area contributed by atoms with Crippen molar-refractivity contribution in [2.45, 2.75) is 56.7 Å². The van der Waals surface area contributed by atoms with Crippen LogP contribution in [-0.4, -0.2) is 53.7 Å². The number of hydrogen-bond donors (Lipinski definition) is 0. The van der Waals surface area contributed by atoms with Gasteiger partial charge in [-0.3, -0.25) is 4.79 Å². The molecule has 0 aromatic heterocycles. The normalized spacial score (nSPS) is 32.8. The molecule has 22 heavy (non-hydrogen) atoms. The molecule has 0 spiro atoms. The molecule has 2 heterocycles. The average molecular weight is 345 g/mol. The van der Waals surface area contributed by atoms with Gasteiger partial charge in [0, 0.05) is 18.2 Å². The van der Waals surface area contributed by atoms with Gasteiger partial charge in [-0.05, 0) is 19.3 Å². The standard InChI is InChI=1S/C15H24N2O3S2/c1-2-17-12-9-22(19,20)10-13(12)21-15(17)16-14(18)8-7-11-5-3-4-6-11/h11-13H,2-10H2,1H3/t12-,13+/m1/s1. The van der Waals surface area contributed by atoms with Gasteiger partial charge in [-0.2, -0.15) is 4.99 Å². The van der Waals surface area contributed by atoms with E-state index < -0.39 is 9.84 Å². The summed E-state index contributed by atoms with van der Waals surface area (Å²) >= 11 is 1.48. The minimum atomic E-state index is -2.92. The van der Waals surface area contributed by atoms with Crippen LogP contribution < -0.4 is 0 Å². The largest absolute Gasteiger partial charge is 0.346 e. The fourth-order valence-corrected chi connectivity index (χ4v) is 7.83. The number of aliphatic imine (C=N–C) groups is 1. The van der Waals surface area contributed by atoms with Gasteiger partial charge in [0.1, 0.15) is 0 Å². The molecule has 0 N–H and O–H groups in total. The van der Waals surface area contributed by atoms with E-state index >= 15 is 0 Å². The monoisotopic (exact) mass is 344 g/mol. The molecule has 0 aromatic carbocycles. The van der Waals surface area contributed by atoms with Gasteiger partial charge >= 0.3 is 0 Å². The van der Waals surface area contributed by atoms with Crippen molar-refractivity contribution in [3.05, 3.63) is 0 Å². The third-order valence-electron chi connectivity index (χ3n) is 4.98. The second-order valence-electron chi connectivity index (χ2n) is 6.56. The lowest BCUT2D eigenvalue weighted by molar-refractivity contribution is -0.118. The van der Waals surface area contributed by atoms with Crippen molar-refractivity contribution in [2.24, 2.45) is 10.9 Å². The Morgan fingerprint density at radius 2 is 2.05 bits per heavy atom. The molecular formula is C15H24N2O3S2. The molecular weight excluding hydrogens is 320 g/mol. The highest BCUT2D eigenvalue weighted by atomic mass is 32.2. The molecule has 1 saturated carbocycles. The molecule has 1 amide bonds. The predicted molar refractivity (Wildman–Crippen MR) is 89.8 cm³/mol. The van der Waals surface area contributed by atoms with Crippen LogP contribution in [0.1, 0.15) is 45.4 Å². The number of amidine groups is 1. The van der Waals surface area contributed by atoms with Crippen molar-refractivity contribution in [3.8, 4) is 0 Å². The molecule has 2 atom stereocenters. The maximum atomic E-state index is 12.1. The van der Waals surface area contributed by atoms with Crippen molar-refractivity contribution in [2.75, 3.05) is 18.1 Å². The summed E-state index contributed by atoms with van der Waals surface area (Å²) in [6.07, 6.45) is 6.58. The molecule has 2 saturated heterocycles. The van der Waals surface area contributed by atoms with Crippen LogP contribution in [0.2, 0.25) is 0 Å². The van der Waals surface area contributed by atoms with Gasteiger partial charge in [0.15, 0.2) is 15.0 Å². The fourth-order valence-electron chi connectivity index (χ4n) is 3.79. The number of amides is 1. The molecule has 3 fully saturated rings. The van der Waals surface area contributed by atoms with Crippen LogP contribution in [0.5, 0.6) is 0 Å². The number of rotatable bonds is 4. The van der Waals surface area contributed by atoms with E-state index in [4.69, 9.17) is 0 Å². The summed E-state index contributed by atoms with van der Waals surface area (Å²) in [5.74, 6) is 1.07. The van der Waals surface area contributed by atoms with Crippen molar-refractivity contribution in [1.82, 2.24) is 4.90 Å². The Morgan fingerprint density at radius 3 is 2.73 bits per heavy atom. The third-order valence-corrected chi connectivity index (χ3v) is 8.22. The van der Waals surface area contributed by atoms with E-state index in [1.54, 1.807) is 0 Å². The zero-order chi connectivity index (χ0) is 15.7. The Kier molecular flexibility index (Phi) is 4.83. The summed E-state index contributed by atoms with van der Waals surface area (Å²) in [5.41, 5.74) is 0. The van der Waals surface area contributed by atoms with Crippen molar-refractivity contribution in [3.63, 3.8) is 0 Å². The zero-order valence-corrected chi connectivity index (χ0v) is 14.7. The third kappa shape index (κ3) is 3.50. The second-order valence-corrected chi connectivity index (χ2v) is 9.92. The number of fused-ring (bicyclic) bond motifs is 1. The van der Waals surface area contributed by atoms with Gasteiger partial charge in [-0.25, -0.2) is 8.42 Å². The highest BCUT2D eigenvalue weighted by Crippen LogP contribution is 2.38. The Morgan fingerprint density at radius 1 is 1.32 bits per heavy atom. The number of sulfone groups is 1. The molecule has 3 aliphatic rings. The summed E-state index contributed by atoms with van der Waals surface area (Å²) in [6.45, 7) is 2.70. The highest BCUT2D eigenvalue weighted by molar-refractivity contribution is 8.15. The molecule has 3 rings (SSSR count). The van der Waals surface area contributed by atoms with Gasteiger partial charge in [0.2, 0.25) is 5.91 Å². The number of carbonyl (C=O) groups excluding carboxylic acids is 1. The minimum absolute atomic E-state index is 0.00128. The van der Waals surface area contributed by atoms with Crippen LogP contribution in [0.25, 0.3) is 0 Å². The second kappa shape index (κ2) is 6.51. The van der Waals surface area contributed by atoms with E-state index in [1.165, 1.54) is 37.4 Å². The average Bonchev–Trinajstić information content (AvgIpc) is 3.11. The van der Waals surface area contributed by atoms with Crippen LogP contribution in [-0.2, 0) is 14.6 Å². The molecule has 7 heteroatoms. The minimum Gasteiger partial charge on any atom is -0.346 e. The predicted octanol–water partition coefficient (Wildman–Crippen LogP) is 2.07. The SMILES string of the molecule is CCN1C(=NC(=O)CCC2CCCC2)S[C@H]2CS(=O)(=O)C[C@H]21. The van der Waals surface area contributed by atoms with Gasteiger partial charge in [0.25, 0.3) is 0 Å². The first-order valence-corrected chi connectivity index (χ1v) is 10.9. The Labute approximate surface area is 136 Å². The first-order chi connectivity index (χ1) is 10.5. The maximum Gasteiger partial charge on any atom is 0.248 e. The molecule has 124 valence electrons. The number of hydrogen-bond acceptors (Lipinski definition) is 4. The molecule has 5 nitrogen and oxygen atoms in total. The molecule has 0 aromatic rings. The molecule has 0 unspecified atom stereocenters. The van der Waals surface area contributed by atoms with Crippen LogP contribution in [0.3, 0.4) is 0 Å². The molecule has 1 aliphatic carbocycles. The molecule has 2 aliphatic heterocycles. The summed E-state index contributed by atoms with van der Waals surface area (Å²) < 4.78 is 23.5.